The first-order valence-corrected chi connectivity index (χ1v) is 7.09. The van der Waals surface area contributed by atoms with Crippen molar-refractivity contribution in [2.45, 2.75) is 19.3 Å². The second-order valence-corrected chi connectivity index (χ2v) is 5.39. The third-order valence-corrected chi connectivity index (χ3v) is 3.62. The molecular formula is C16H20N2O3. The van der Waals surface area contributed by atoms with Gasteiger partial charge in [-0.05, 0) is 42.5 Å². The van der Waals surface area contributed by atoms with Gasteiger partial charge in [-0.25, -0.2) is 0 Å². The van der Waals surface area contributed by atoms with E-state index < -0.39 is 5.97 Å². The zero-order valence-corrected chi connectivity index (χ0v) is 11.9. The van der Waals surface area contributed by atoms with Crippen molar-refractivity contribution in [3.05, 3.63) is 35.9 Å². The van der Waals surface area contributed by atoms with Gasteiger partial charge in [0, 0.05) is 31.3 Å². The topological polar surface area (TPSA) is 83.6 Å². The van der Waals surface area contributed by atoms with E-state index in [1.54, 1.807) is 23.1 Å². The first kappa shape index (κ1) is 15.1. The molecule has 1 aromatic carbocycles. The molecule has 1 amide bonds. The molecule has 1 fully saturated rings. The van der Waals surface area contributed by atoms with Gasteiger partial charge >= 0.3 is 5.97 Å². The largest absolute Gasteiger partial charge is 0.481 e. The summed E-state index contributed by atoms with van der Waals surface area (Å²) < 4.78 is 0. The van der Waals surface area contributed by atoms with Gasteiger partial charge in [0.25, 0.3) is 0 Å². The molecule has 0 aliphatic carbocycles. The molecule has 5 nitrogen and oxygen atoms in total. The van der Waals surface area contributed by atoms with E-state index in [9.17, 15) is 9.59 Å². The van der Waals surface area contributed by atoms with Crippen LogP contribution in [0, 0.1) is 5.92 Å². The molecule has 1 aromatic rings. The number of nitrogen functional groups attached to an aromatic ring is 1. The summed E-state index contributed by atoms with van der Waals surface area (Å²) >= 11 is 0. The van der Waals surface area contributed by atoms with E-state index >= 15 is 0 Å². The van der Waals surface area contributed by atoms with Crippen molar-refractivity contribution in [3.8, 4) is 0 Å². The lowest BCUT2D eigenvalue weighted by molar-refractivity contribution is -0.139. The van der Waals surface area contributed by atoms with Crippen LogP contribution in [0.4, 0.5) is 5.69 Å². The van der Waals surface area contributed by atoms with Crippen LogP contribution in [0.15, 0.2) is 30.3 Å². The number of hydrogen-bond donors (Lipinski definition) is 2. The fourth-order valence-corrected chi connectivity index (χ4v) is 2.61. The summed E-state index contributed by atoms with van der Waals surface area (Å²) in [5.74, 6) is -0.821. The van der Waals surface area contributed by atoms with Crippen molar-refractivity contribution in [1.82, 2.24) is 4.90 Å². The molecule has 1 aliphatic rings. The first-order chi connectivity index (χ1) is 10.0. The summed E-state index contributed by atoms with van der Waals surface area (Å²) in [6.45, 7) is 1.21. The summed E-state index contributed by atoms with van der Waals surface area (Å²) in [5.41, 5.74) is 7.22. The first-order valence-electron chi connectivity index (χ1n) is 7.09. The van der Waals surface area contributed by atoms with Crippen LogP contribution in [0.2, 0.25) is 0 Å². The SMILES string of the molecule is Nc1cccc(/C=C/C(=O)N2CCCC(CC(=O)O)C2)c1. The van der Waals surface area contributed by atoms with Gasteiger partial charge in [0.2, 0.25) is 5.91 Å². The molecule has 1 atom stereocenters. The van der Waals surface area contributed by atoms with Crippen LogP contribution >= 0.6 is 0 Å². The number of benzene rings is 1. The molecular weight excluding hydrogens is 268 g/mol. The molecule has 5 heteroatoms. The zero-order valence-electron chi connectivity index (χ0n) is 11.9. The number of aliphatic carboxylic acids is 1. The van der Waals surface area contributed by atoms with E-state index in [4.69, 9.17) is 10.8 Å². The van der Waals surface area contributed by atoms with Gasteiger partial charge in [0.1, 0.15) is 0 Å². The standard InChI is InChI=1S/C16H20N2O3/c17-14-5-1-3-12(9-14)6-7-15(19)18-8-2-4-13(11-18)10-16(20)21/h1,3,5-7,9,13H,2,4,8,10-11,17H2,(H,20,21)/b7-6+. The number of nitrogens with zero attached hydrogens (tertiary/aromatic N) is 1. The van der Waals surface area contributed by atoms with Crippen molar-refractivity contribution in [3.63, 3.8) is 0 Å². The number of likely N-dealkylation sites (tertiary alicyclic amines) is 1. The highest BCUT2D eigenvalue weighted by molar-refractivity contribution is 5.92. The monoisotopic (exact) mass is 288 g/mol. The molecule has 0 aromatic heterocycles. The number of rotatable bonds is 4. The number of nitrogens with two attached hydrogens (primary N) is 1. The fourth-order valence-electron chi connectivity index (χ4n) is 2.61. The molecule has 2 rings (SSSR count). The van der Waals surface area contributed by atoms with Crippen molar-refractivity contribution < 1.29 is 14.7 Å². The van der Waals surface area contributed by atoms with Crippen LogP contribution in [-0.2, 0) is 9.59 Å². The van der Waals surface area contributed by atoms with E-state index in [2.05, 4.69) is 0 Å². The Morgan fingerprint density at radius 2 is 2.24 bits per heavy atom. The maximum atomic E-state index is 12.1. The van der Waals surface area contributed by atoms with Gasteiger partial charge in [-0.2, -0.15) is 0 Å². The van der Waals surface area contributed by atoms with Gasteiger partial charge in [-0.15, -0.1) is 0 Å². The van der Waals surface area contributed by atoms with Crippen LogP contribution in [0.3, 0.4) is 0 Å². The van der Waals surface area contributed by atoms with Crippen molar-refractivity contribution in [1.29, 1.82) is 0 Å². The molecule has 1 aliphatic heterocycles. The molecule has 3 N–H and O–H groups in total. The predicted molar refractivity (Wildman–Crippen MR) is 81.4 cm³/mol. The minimum Gasteiger partial charge on any atom is -0.481 e. The fraction of sp³-hybridized carbons (Fsp3) is 0.375. The Labute approximate surface area is 124 Å². The Hall–Kier alpha value is -2.30. The Balaban J connectivity index is 1.94. The molecule has 0 saturated carbocycles. The van der Waals surface area contributed by atoms with Gasteiger partial charge in [0.15, 0.2) is 0 Å². The number of amides is 1. The van der Waals surface area contributed by atoms with Gasteiger partial charge < -0.3 is 15.7 Å². The molecule has 112 valence electrons. The second kappa shape index (κ2) is 6.92. The normalized spacial score (nSPS) is 18.9. The summed E-state index contributed by atoms with van der Waals surface area (Å²) in [6.07, 6.45) is 5.12. The Kier molecular flexibility index (Phi) is 4.98. The van der Waals surface area contributed by atoms with Gasteiger partial charge in [-0.1, -0.05) is 12.1 Å². The predicted octanol–water partition coefficient (Wildman–Crippen LogP) is 2.00. The average molecular weight is 288 g/mol. The van der Waals surface area contributed by atoms with E-state index in [1.807, 2.05) is 12.1 Å². The van der Waals surface area contributed by atoms with Crippen LogP contribution < -0.4 is 5.73 Å². The third-order valence-electron chi connectivity index (χ3n) is 3.62. The summed E-state index contributed by atoms with van der Waals surface area (Å²) in [4.78, 5) is 24.6. The molecule has 0 radical (unpaired) electrons. The molecule has 1 saturated heterocycles. The number of carbonyl (C=O) groups excluding carboxylic acids is 1. The molecule has 0 bridgehead atoms. The highest BCUT2D eigenvalue weighted by Crippen LogP contribution is 2.20. The van der Waals surface area contributed by atoms with Crippen LogP contribution in [-0.4, -0.2) is 35.0 Å². The molecule has 1 heterocycles. The highest BCUT2D eigenvalue weighted by atomic mass is 16.4. The van der Waals surface area contributed by atoms with E-state index in [0.717, 1.165) is 18.4 Å². The van der Waals surface area contributed by atoms with Crippen molar-refractivity contribution in [2.24, 2.45) is 5.92 Å². The van der Waals surface area contributed by atoms with Crippen molar-refractivity contribution in [2.75, 3.05) is 18.8 Å². The molecule has 21 heavy (non-hydrogen) atoms. The summed E-state index contributed by atoms with van der Waals surface area (Å²) in [7, 11) is 0. The number of carboxylic acids is 1. The van der Waals surface area contributed by atoms with Gasteiger partial charge in [-0.3, -0.25) is 9.59 Å². The smallest absolute Gasteiger partial charge is 0.303 e. The van der Waals surface area contributed by atoms with Crippen LogP contribution in [0.5, 0.6) is 0 Å². The minimum absolute atomic E-state index is 0.0565. The number of carbonyl (C=O) groups is 2. The minimum atomic E-state index is -0.801. The number of carboxylic acid groups (broad SMARTS) is 1. The van der Waals surface area contributed by atoms with E-state index in [0.29, 0.717) is 18.8 Å². The number of anilines is 1. The quantitative estimate of drug-likeness (QED) is 0.655. The molecule has 1 unspecified atom stereocenters. The van der Waals surface area contributed by atoms with E-state index in [-0.39, 0.29) is 18.2 Å². The maximum Gasteiger partial charge on any atom is 0.303 e. The Morgan fingerprint density at radius 3 is 2.95 bits per heavy atom. The maximum absolute atomic E-state index is 12.1. The number of hydrogen-bond acceptors (Lipinski definition) is 3. The average Bonchev–Trinajstić information content (AvgIpc) is 2.44. The highest BCUT2D eigenvalue weighted by Gasteiger charge is 2.23. The summed E-state index contributed by atoms with van der Waals surface area (Å²) in [6, 6.07) is 7.31. The zero-order chi connectivity index (χ0) is 15.2. The van der Waals surface area contributed by atoms with E-state index in [1.165, 1.54) is 6.08 Å². The Morgan fingerprint density at radius 1 is 1.43 bits per heavy atom. The second-order valence-electron chi connectivity index (χ2n) is 5.39. The lowest BCUT2D eigenvalue weighted by Crippen LogP contribution is -2.39. The number of piperidine rings is 1. The van der Waals surface area contributed by atoms with Crippen molar-refractivity contribution >= 4 is 23.6 Å². The Bertz CT molecular complexity index is 554. The summed E-state index contributed by atoms with van der Waals surface area (Å²) in [5, 5.41) is 8.84. The van der Waals surface area contributed by atoms with Crippen LogP contribution in [0.1, 0.15) is 24.8 Å². The van der Waals surface area contributed by atoms with Gasteiger partial charge in [0.05, 0.1) is 0 Å². The van der Waals surface area contributed by atoms with Crippen LogP contribution in [0.25, 0.3) is 6.08 Å². The molecule has 0 spiro atoms. The lowest BCUT2D eigenvalue weighted by Gasteiger charge is -2.31. The lowest BCUT2D eigenvalue weighted by atomic mass is 9.95. The third kappa shape index (κ3) is 4.63.